The number of rotatable bonds is 10. The number of amides is 1. The molecule has 1 N–H and O–H groups in total. The number of ether oxygens (including phenoxy) is 1. The first kappa shape index (κ1) is 23.9. The maximum Gasteiger partial charge on any atom is 0.271 e. The molecule has 0 aromatic heterocycles. The standard InChI is InChI=1S/C21H25N3O6S/c1-5-12-30-18-9-7-8-16(13-18)22-21(25)19(6-2)23(31(4,28)29)20-14-17(24(26)27)11-10-15(20)3/h5,7-11,13-14,19H,1,6,12H2,2-4H3,(H,22,25)/t19-/m1/s1. The van der Waals surface area contributed by atoms with Crippen molar-refractivity contribution in [3.8, 4) is 5.75 Å². The number of carbonyl (C=O) groups excluding carboxylic acids is 1. The van der Waals surface area contributed by atoms with Crippen LogP contribution in [0.4, 0.5) is 17.1 Å². The summed E-state index contributed by atoms with van der Waals surface area (Å²) in [5.41, 5.74) is 0.731. The summed E-state index contributed by atoms with van der Waals surface area (Å²) in [6, 6.07) is 9.45. The van der Waals surface area contributed by atoms with Crippen molar-refractivity contribution < 1.29 is 22.9 Å². The number of benzene rings is 2. The third-order valence-corrected chi connectivity index (χ3v) is 5.61. The van der Waals surface area contributed by atoms with Gasteiger partial charge >= 0.3 is 0 Å². The highest BCUT2D eigenvalue weighted by molar-refractivity contribution is 7.92. The molecular formula is C21H25N3O6S. The quantitative estimate of drug-likeness (QED) is 0.337. The van der Waals surface area contributed by atoms with Crippen molar-refractivity contribution in [2.24, 2.45) is 0 Å². The van der Waals surface area contributed by atoms with Gasteiger partial charge in [0.15, 0.2) is 0 Å². The average molecular weight is 448 g/mol. The number of hydrogen-bond acceptors (Lipinski definition) is 6. The lowest BCUT2D eigenvalue weighted by atomic mass is 10.1. The first-order valence-corrected chi connectivity index (χ1v) is 11.3. The average Bonchev–Trinajstić information content (AvgIpc) is 2.70. The third-order valence-electron chi connectivity index (χ3n) is 4.44. The maximum absolute atomic E-state index is 13.1. The van der Waals surface area contributed by atoms with Crippen LogP contribution >= 0.6 is 0 Å². The van der Waals surface area contributed by atoms with E-state index in [1.807, 2.05) is 0 Å². The van der Waals surface area contributed by atoms with Crippen LogP contribution in [0, 0.1) is 17.0 Å². The highest BCUT2D eigenvalue weighted by Gasteiger charge is 2.33. The molecule has 0 aliphatic rings. The van der Waals surface area contributed by atoms with Crippen LogP contribution < -0.4 is 14.4 Å². The minimum absolute atomic E-state index is 0.0850. The molecular weight excluding hydrogens is 422 g/mol. The molecule has 0 spiro atoms. The van der Waals surface area contributed by atoms with E-state index < -0.39 is 26.9 Å². The number of sulfonamides is 1. The van der Waals surface area contributed by atoms with E-state index in [1.165, 1.54) is 12.1 Å². The lowest BCUT2D eigenvalue weighted by Crippen LogP contribution is -2.47. The summed E-state index contributed by atoms with van der Waals surface area (Å²) in [5, 5.41) is 13.9. The van der Waals surface area contributed by atoms with E-state index in [0.29, 0.717) is 23.6 Å². The van der Waals surface area contributed by atoms with E-state index in [2.05, 4.69) is 11.9 Å². The van der Waals surface area contributed by atoms with Crippen molar-refractivity contribution in [3.63, 3.8) is 0 Å². The summed E-state index contributed by atoms with van der Waals surface area (Å²) in [7, 11) is -3.94. The van der Waals surface area contributed by atoms with Gasteiger partial charge in [0, 0.05) is 23.9 Å². The number of nitro groups is 1. The van der Waals surface area contributed by atoms with Gasteiger partial charge in [-0.1, -0.05) is 31.7 Å². The van der Waals surface area contributed by atoms with Gasteiger partial charge in [0.2, 0.25) is 15.9 Å². The number of aryl methyl sites for hydroxylation is 1. The van der Waals surface area contributed by atoms with Gasteiger partial charge in [0.25, 0.3) is 5.69 Å². The van der Waals surface area contributed by atoms with Crippen molar-refractivity contribution in [2.75, 3.05) is 22.5 Å². The number of nitro benzene ring substituents is 1. The number of carbonyl (C=O) groups is 1. The van der Waals surface area contributed by atoms with Gasteiger partial charge in [-0.05, 0) is 31.0 Å². The summed E-state index contributed by atoms with van der Waals surface area (Å²) < 4.78 is 31.7. The maximum atomic E-state index is 13.1. The van der Waals surface area contributed by atoms with Gasteiger partial charge in [-0.25, -0.2) is 8.42 Å². The molecule has 10 heteroatoms. The molecule has 1 atom stereocenters. The Labute approximate surface area is 181 Å². The fourth-order valence-corrected chi connectivity index (χ4v) is 4.29. The van der Waals surface area contributed by atoms with E-state index in [9.17, 15) is 23.3 Å². The Morgan fingerprint density at radius 2 is 2.03 bits per heavy atom. The first-order chi connectivity index (χ1) is 14.6. The molecule has 0 aliphatic heterocycles. The molecule has 31 heavy (non-hydrogen) atoms. The Balaban J connectivity index is 2.42. The van der Waals surface area contributed by atoms with Crippen molar-refractivity contribution in [1.29, 1.82) is 0 Å². The van der Waals surface area contributed by atoms with Gasteiger partial charge in [-0.3, -0.25) is 19.2 Å². The van der Waals surface area contributed by atoms with Crippen LogP contribution in [0.2, 0.25) is 0 Å². The predicted octanol–water partition coefficient (Wildman–Crippen LogP) is 3.65. The summed E-state index contributed by atoms with van der Waals surface area (Å²) in [4.78, 5) is 23.6. The molecule has 0 aliphatic carbocycles. The zero-order valence-electron chi connectivity index (χ0n) is 17.6. The van der Waals surface area contributed by atoms with E-state index in [-0.39, 0.29) is 17.8 Å². The predicted molar refractivity (Wildman–Crippen MR) is 120 cm³/mol. The number of nitrogens with one attached hydrogen (secondary N) is 1. The molecule has 0 unspecified atom stereocenters. The van der Waals surface area contributed by atoms with Crippen LogP contribution in [-0.2, 0) is 14.8 Å². The fraction of sp³-hybridized carbons (Fsp3) is 0.286. The van der Waals surface area contributed by atoms with Crippen LogP contribution in [-0.4, -0.2) is 38.2 Å². The van der Waals surface area contributed by atoms with E-state index in [4.69, 9.17) is 4.74 Å². The lowest BCUT2D eigenvalue weighted by Gasteiger charge is -2.31. The van der Waals surface area contributed by atoms with Gasteiger partial charge in [-0.15, -0.1) is 0 Å². The number of hydrogen-bond donors (Lipinski definition) is 1. The smallest absolute Gasteiger partial charge is 0.271 e. The van der Waals surface area contributed by atoms with Crippen LogP contribution in [0.5, 0.6) is 5.75 Å². The van der Waals surface area contributed by atoms with E-state index in [0.717, 1.165) is 16.6 Å². The molecule has 2 aromatic carbocycles. The van der Waals surface area contributed by atoms with Crippen LogP contribution in [0.25, 0.3) is 0 Å². The van der Waals surface area contributed by atoms with Crippen molar-refractivity contribution >= 4 is 33.0 Å². The second-order valence-corrected chi connectivity index (χ2v) is 8.69. The zero-order valence-corrected chi connectivity index (χ0v) is 18.4. The van der Waals surface area contributed by atoms with Gasteiger partial charge in [0.05, 0.1) is 16.9 Å². The van der Waals surface area contributed by atoms with Crippen LogP contribution in [0.1, 0.15) is 18.9 Å². The second kappa shape index (κ2) is 10.1. The molecule has 0 fully saturated rings. The molecule has 0 bridgehead atoms. The fourth-order valence-electron chi connectivity index (χ4n) is 3.03. The summed E-state index contributed by atoms with van der Waals surface area (Å²) in [5.74, 6) is -0.0556. The van der Waals surface area contributed by atoms with E-state index in [1.54, 1.807) is 44.2 Å². The topological polar surface area (TPSA) is 119 Å². The van der Waals surface area contributed by atoms with Gasteiger partial charge in [0.1, 0.15) is 18.4 Å². The Kier molecular flexibility index (Phi) is 7.76. The molecule has 9 nitrogen and oxygen atoms in total. The largest absolute Gasteiger partial charge is 0.489 e. The Morgan fingerprint density at radius 3 is 2.61 bits per heavy atom. The SMILES string of the molecule is C=CCOc1cccc(NC(=O)[C@@H](CC)N(c2cc([N+](=O)[O-])ccc2C)S(C)(=O)=O)c1. The number of anilines is 2. The molecule has 2 aromatic rings. The Morgan fingerprint density at radius 1 is 1.32 bits per heavy atom. The Bertz CT molecular complexity index is 1080. The molecule has 0 heterocycles. The highest BCUT2D eigenvalue weighted by Crippen LogP contribution is 2.30. The summed E-state index contributed by atoms with van der Waals surface area (Å²) >= 11 is 0. The first-order valence-electron chi connectivity index (χ1n) is 9.47. The molecule has 0 saturated carbocycles. The van der Waals surface area contributed by atoms with Crippen molar-refractivity contribution in [3.05, 3.63) is 70.8 Å². The van der Waals surface area contributed by atoms with Crippen molar-refractivity contribution in [2.45, 2.75) is 26.3 Å². The monoisotopic (exact) mass is 447 g/mol. The zero-order chi connectivity index (χ0) is 23.2. The third kappa shape index (κ3) is 6.05. The lowest BCUT2D eigenvalue weighted by molar-refractivity contribution is -0.384. The molecule has 2 rings (SSSR count). The molecule has 1 amide bonds. The minimum Gasteiger partial charge on any atom is -0.489 e. The van der Waals surface area contributed by atoms with E-state index >= 15 is 0 Å². The minimum atomic E-state index is -3.94. The molecule has 166 valence electrons. The van der Waals surface area contributed by atoms with Crippen LogP contribution in [0.3, 0.4) is 0 Å². The van der Waals surface area contributed by atoms with Gasteiger partial charge in [-0.2, -0.15) is 0 Å². The van der Waals surface area contributed by atoms with Crippen LogP contribution in [0.15, 0.2) is 55.1 Å². The summed E-state index contributed by atoms with van der Waals surface area (Å²) in [6.07, 6.45) is 2.70. The normalized spacial score (nSPS) is 12.0. The Hall–Kier alpha value is -3.40. The van der Waals surface area contributed by atoms with Crippen molar-refractivity contribution in [1.82, 2.24) is 0 Å². The second-order valence-electron chi connectivity index (χ2n) is 6.83. The highest BCUT2D eigenvalue weighted by atomic mass is 32.2. The molecule has 0 saturated heterocycles. The molecule has 0 radical (unpaired) electrons. The summed E-state index contributed by atoms with van der Waals surface area (Å²) in [6.45, 7) is 7.16. The number of non-ortho nitro benzene ring substituents is 1. The number of nitrogens with zero attached hydrogens (tertiary/aromatic N) is 2. The van der Waals surface area contributed by atoms with Gasteiger partial charge < -0.3 is 10.1 Å².